The topological polar surface area (TPSA) is 38.8 Å². The van der Waals surface area contributed by atoms with E-state index < -0.39 is 6.67 Å². The molecule has 1 heterocycles. The van der Waals surface area contributed by atoms with Crippen molar-refractivity contribution in [2.45, 2.75) is 12.7 Å². The second-order valence-electron chi connectivity index (χ2n) is 4.13. The highest BCUT2D eigenvalue weighted by atomic mass is 19.1. The van der Waals surface area contributed by atoms with Crippen molar-refractivity contribution in [3.05, 3.63) is 35.9 Å². The third-order valence-electron chi connectivity index (χ3n) is 2.74. The highest BCUT2D eigenvalue weighted by molar-refractivity contribution is 5.68. The molecule has 0 N–H and O–H groups in total. The van der Waals surface area contributed by atoms with E-state index in [9.17, 15) is 9.18 Å². The summed E-state index contributed by atoms with van der Waals surface area (Å²) in [6.07, 6.45) is -0.399. The number of amides is 1. The minimum absolute atomic E-state index is 0.0509. The van der Waals surface area contributed by atoms with Gasteiger partial charge in [0.2, 0.25) is 0 Å². The van der Waals surface area contributed by atoms with Gasteiger partial charge in [0.1, 0.15) is 13.3 Å². The van der Waals surface area contributed by atoms with Gasteiger partial charge in [0.15, 0.2) is 0 Å². The van der Waals surface area contributed by atoms with Crippen molar-refractivity contribution in [1.29, 1.82) is 0 Å². The lowest BCUT2D eigenvalue weighted by molar-refractivity contribution is -0.0535. The van der Waals surface area contributed by atoms with Crippen LogP contribution in [0.4, 0.5) is 9.18 Å². The van der Waals surface area contributed by atoms with Crippen molar-refractivity contribution in [3.8, 4) is 0 Å². The van der Waals surface area contributed by atoms with Crippen LogP contribution in [0, 0.1) is 0 Å². The lowest BCUT2D eigenvalue weighted by Gasteiger charge is -2.37. The molecule has 1 aromatic rings. The maximum absolute atomic E-state index is 11.8. The number of benzene rings is 1. The molecule has 0 aliphatic carbocycles. The number of hydrogen-bond donors (Lipinski definition) is 0. The van der Waals surface area contributed by atoms with E-state index in [1.165, 1.54) is 0 Å². The van der Waals surface area contributed by atoms with Crippen LogP contribution in [0.5, 0.6) is 0 Å². The first kappa shape index (κ1) is 12.8. The number of nitrogens with zero attached hydrogens (tertiary/aromatic N) is 1. The average Bonchev–Trinajstić information content (AvgIpc) is 2.36. The Morgan fingerprint density at radius 3 is 2.72 bits per heavy atom. The van der Waals surface area contributed by atoms with Crippen LogP contribution < -0.4 is 0 Å². The highest BCUT2D eigenvalue weighted by Gasteiger charge is 2.32. The molecule has 1 saturated heterocycles. The minimum Gasteiger partial charge on any atom is -0.445 e. The Bertz CT molecular complexity index is 379. The largest absolute Gasteiger partial charge is 0.445 e. The molecule has 1 amide bonds. The van der Waals surface area contributed by atoms with Gasteiger partial charge in [0, 0.05) is 0 Å². The molecule has 0 saturated carbocycles. The van der Waals surface area contributed by atoms with Gasteiger partial charge in [-0.1, -0.05) is 30.3 Å². The molecule has 0 radical (unpaired) electrons. The van der Waals surface area contributed by atoms with Gasteiger partial charge in [0.25, 0.3) is 0 Å². The van der Waals surface area contributed by atoms with E-state index >= 15 is 0 Å². The third-order valence-corrected chi connectivity index (χ3v) is 2.74. The van der Waals surface area contributed by atoms with Crippen LogP contribution in [0.3, 0.4) is 0 Å². The standard InChI is InChI=1S/C13H16FNO3/c14-6-7-17-12-8-15(9-12)13(16)18-10-11-4-2-1-3-5-11/h1-5,12H,6-10H2. The quantitative estimate of drug-likeness (QED) is 0.805. The van der Waals surface area contributed by atoms with Crippen molar-refractivity contribution >= 4 is 6.09 Å². The molecule has 18 heavy (non-hydrogen) atoms. The summed E-state index contributed by atoms with van der Waals surface area (Å²) in [5, 5.41) is 0. The van der Waals surface area contributed by atoms with Gasteiger partial charge in [-0.05, 0) is 5.56 Å². The summed E-state index contributed by atoms with van der Waals surface area (Å²) in [4.78, 5) is 13.1. The fourth-order valence-electron chi connectivity index (χ4n) is 1.71. The molecule has 1 aliphatic heterocycles. The van der Waals surface area contributed by atoms with Gasteiger partial charge in [-0.2, -0.15) is 0 Å². The molecule has 5 heteroatoms. The monoisotopic (exact) mass is 253 g/mol. The molecule has 0 aromatic heterocycles. The Hall–Kier alpha value is -1.62. The molecule has 1 aromatic carbocycles. The molecule has 0 atom stereocenters. The molecule has 0 unspecified atom stereocenters. The zero-order valence-electron chi connectivity index (χ0n) is 10.0. The van der Waals surface area contributed by atoms with Gasteiger partial charge in [0.05, 0.1) is 25.8 Å². The van der Waals surface area contributed by atoms with Gasteiger partial charge < -0.3 is 14.4 Å². The first-order chi connectivity index (χ1) is 8.79. The number of alkyl halides is 1. The van der Waals surface area contributed by atoms with Crippen LogP contribution in [-0.2, 0) is 16.1 Å². The summed E-state index contributed by atoms with van der Waals surface area (Å²) in [7, 11) is 0. The average molecular weight is 253 g/mol. The molecular weight excluding hydrogens is 237 g/mol. The lowest BCUT2D eigenvalue weighted by atomic mass is 10.2. The lowest BCUT2D eigenvalue weighted by Crippen LogP contribution is -2.55. The first-order valence-electron chi connectivity index (χ1n) is 5.93. The molecule has 98 valence electrons. The number of ether oxygens (including phenoxy) is 2. The summed E-state index contributed by atoms with van der Waals surface area (Å²) in [5.74, 6) is 0. The molecule has 1 aliphatic rings. The van der Waals surface area contributed by atoms with E-state index in [1.54, 1.807) is 4.90 Å². The van der Waals surface area contributed by atoms with E-state index in [2.05, 4.69) is 0 Å². The van der Waals surface area contributed by atoms with E-state index in [0.717, 1.165) is 5.56 Å². The maximum Gasteiger partial charge on any atom is 0.410 e. The van der Waals surface area contributed by atoms with Gasteiger partial charge in [-0.25, -0.2) is 9.18 Å². The number of rotatable bonds is 5. The Labute approximate surface area is 105 Å². The third kappa shape index (κ3) is 3.43. The van der Waals surface area contributed by atoms with Crippen molar-refractivity contribution < 1.29 is 18.7 Å². The highest BCUT2D eigenvalue weighted by Crippen LogP contribution is 2.13. The summed E-state index contributed by atoms with van der Waals surface area (Å²) in [5.41, 5.74) is 0.955. The number of likely N-dealkylation sites (tertiary alicyclic amines) is 1. The summed E-state index contributed by atoms with van der Waals surface area (Å²) < 4.78 is 22.1. The molecule has 2 rings (SSSR count). The van der Waals surface area contributed by atoms with Crippen molar-refractivity contribution in [2.24, 2.45) is 0 Å². The second-order valence-corrected chi connectivity index (χ2v) is 4.13. The Balaban J connectivity index is 1.65. The van der Waals surface area contributed by atoms with Gasteiger partial charge in [-0.15, -0.1) is 0 Å². The predicted molar refractivity (Wildman–Crippen MR) is 63.9 cm³/mol. The normalized spacial score (nSPS) is 15.3. The van der Waals surface area contributed by atoms with Crippen LogP contribution in [0.15, 0.2) is 30.3 Å². The molecular formula is C13H16FNO3. The number of halogens is 1. The molecule has 1 fully saturated rings. The second kappa shape index (κ2) is 6.35. The number of hydrogen-bond acceptors (Lipinski definition) is 3. The van der Waals surface area contributed by atoms with Gasteiger partial charge >= 0.3 is 6.09 Å². The predicted octanol–water partition coefficient (Wildman–Crippen LogP) is 1.99. The van der Waals surface area contributed by atoms with Crippen LogP contribution in [-0.4, -0.2) is 43.5 Å². The first-order valence-corrected chi connectivity index (χ1v) is 5.93. The minimum atomic E-state index is -0.491. The summed E-state index contributed by atoms with van der Waals surface area (Å²) in [6.45, 7) is 0.833. The van der Waals surface area contributed by atoms with Crippen LogP contribution >= 0.6 is 0 Å². The molecule has 4 nitrogen and oxygen atoms in total. The van der Waals surface area contributed by atoms with E-state index in [1.807, 2.05) is 30.3 Å². The Kier molecular flexibility index (Phi) is 4.52. The summed E-state index contributed by atoms with van der Waals surface area (Å²) in [6, 6.07) is 9.50. The fourth-order valence-corrected chi connectivity index (χ4v) is 1.71. The van der Waals surface area contributed by atoms with Crippen molar-refractivity contribution in [1.82, 2.24) is 4.90 Å². The van der Waals surface area contributed by atoms with Crippen molar-refractivity contribution in [3.63, 3.8) is 0 Å². The Morgan fingerprint density at radius 1 is 1.33 bits per heavy atom. The van der Waals surface area contributed by atoms with Crippen LogP contribution in [0.1, 0.15) is 5.56 Å². The number of carbonyl (C=O) groups excluding carboxylic acids is 1. The summed E-state index contributed by atoms with van der Waals surface area (Å²) >= 11 is 0. The smallest absolute Gasteiger partial charge is 0.410 e. The van der Waals surface area contributed by atoms with Gasteiger partial charge in [-0.3, -0.25) is 0 Å². The molecule has 0 spiro atoms. The van der Waals surface area contributed by atoms with E-state index in [4.69, 9.17) is 9.47 Å². The fraction of sp³-hybridized carbons (Fsp3) is 0.462. The SMILES string of the molecule is O=C(OCc1ccccc1)N1CC(OCCF)C1. The number of carbonyl (C=O) groups is 1. The molecule has 0 bridgehead atoms. The van der Waals surface area contributed by atoms with E-state index in [-0.39, 0.29) is 25.4 Å². The maximum atomic E-state index is 11.8. The van der Waals surface area contributed by atoms with Crippen LogP contribution in [0.25, 0.3) is 0 Å². The zero-order valence-corrected chi connectivity index (χ0v) is 10.0. The van der Waals surface area contributed by atoms with Crippen molar-refractivity contribution in [2.75, 3.05) is 26.4 Å². The zero-order chi connectivity index (χ0) is 12.8. The Morgan fingerprint density at radius 2 is 2.06 bits per heavy atom. The van der Waals surface area contributed by atoms with E-state index in [0.29, 0.717) is 13.1 Å². The van der Waals surface area contributed by atoms with Crippen LogP contribution in [0.2, 0.25) is 0 Å².